The van der Waals surface area contributed by atoms with Crippen LogP contribution in [0.5, 0.6) is 0 Å². The van der Waals surface area contributed by atoms with Gasteiger partial charge in [-0.1, -0.05) is 22.9 Å². The number of alkyl carbamates (subject to hydrolysis) is 1. The number of aryl methyl sites for hydroxylation is 2. The van der Waals surface area contributed by atoms with E-state index in [1.807, 2.05) is 39.8 Å². The van der Waals surface area contributed by atoms with Crippen molar-refractivity contribution >= 4 is 33.1 Å². The number of nitrogens with one attached hydrogen (secondary N) is 1. The highest BCUT2D eigenvalue weighted by molar-refractivity contribution is 9.10. The lowest BCUT2D eigenvalue weighted by Gasteiger charge is -2.19. The topological polar surface area (TPSA) is 64.4 Å². The first-order valence-electron chi connectivity index (χ1n) is 7.84. The summed E-state index contributed by atoms with van der Waals surface area (Å²) in [5, 5.41) is 2.77. The molecular weight excluding hydrogens is 360 g/mol. The molecule has 126 valence electrons. The number of oxazole rings is 1. The van der Waals surface area contributed by atoms with Crippen LogP contribution in [0.4, 0.5) is 4.79 Å². The van der Waals surface area contributed by atoms with Crippen LogP contribution in [-0.2, 0) is 17.6 Å². The van der Waals surface area contributed by atoms with Gasteiger partial charge in [-0.25, -0.2) is 9.78 Å². The molecule has 0 aliphatic carbocycles. The van der Waals surface area contributed by atoms with E-state index < -0.39 is 5.60 Å². The van der Waals surface area contributed by atoms with Gasteiger partial charge < -0.3 is 14.5 Å². The standard InChI is InChI=1S/C17H23BrN2O3/c1-5-14-20-13-9-8-12(18)11(15(13)22-14)7-6-10-19-16(21)23-17(2,3)4/h8-9H,5-7,10H2,1-4H3,(H,19,21). The van der Waals surface area contributed by atoms with Crippen LogP contribution in [0, 0.1) is 0 Å². The molecule has 1 aromatic carbocycles. The minimum Gasteiger partial charge on any atom is -0.444 e. The third kappa shape index (κ3) is 4.96. The Morgan fingerprint density at radius 1 is 1.39 bits per heavy atom. The number of carbonyl (C=O) groups is 1. The minimum atomic E-state index is -0.477. The van der Waals surface area contributed by atoms with Crippen LogP contribution in [0.3, 0.4) is 0 Å². The van der Waals surface area contributed by atoms with Gasteiger partial charge in [0.2, 0.25) is 0 Å². The van der Waals surface area contributed by atoms with E-state index >= 15 is 0 Å². The fraction of sp³-hybridized carbons (Fsp3) is 0.529. The van der Waals surface area contributed by atoms with Crippen LogP contribution < -0.4 is 5.32 Å². The van der Waals surface area contributed by atoms with E-state index in [4.69, 9.17) is 9.15 Å². The maximum absolute atomic E-state index is 11.6. The number of rotatable bonds is 5. The molecule has 2 aromatic rings. The molecule has 0 aliphatic heterocycles. The molecule has 0 bridgehead atoms. The van der Waals surface area contributed by atoms with Gasteiger partial charge in [0.25, 0.3) is 0 Å². The van der Waals surface area contributed by atoms with Crippen LogP contribution in [-0.4, -0.2) is 23.2 Å². The monoisotopic (exact) mass is 382 g/mol. The lowest BCUT2D eigenvalue weighted by molar-refractivity contribution is 0.0527. The summed E-state index contributed by atoms with van der Waals surface area (Å²) in [4.78, 5) is 16.1. The Balaban J connectivity index is 1.96. The van der Waals surface area contributed by atoms with E-state index in [2.05, 4.69) is 26.2 Å². The minimum absolute atomic E-state index is 0.386. The molecule has 0 radical (unpaired) electrons. The number of aromatic nitrogens is 1. The van der Waals surface area contributed by atoms with Gasteiger partial charge in [-0.3, -0.25) is 0 Å². The lowest BCUT2D eigenvalue weighted by atomic mass is 10.1. The smallest absolute Gasteiger partial charge is 0.407 e. The van der Waals surface area contributed by atoms with Crippen molar-refractivity contribution in [2.45, 2.75) is 52.6 Å². The number of carbonyl (C=O) groups excluding carboxylic acids is 1. The molecule has 1 N–H and O–H groups in total. The van der Waals surface area contributed by atoms with E-state index in [-0.39, 0.29) is 6.09 Å². The van der Waals surface area contributed by atoms with Gasteiger partial charge in [0.15, 0.2) is 11.5 Å². The highest BCUT2D eigenvalue weighted by Crippen LogP contribution is 2.28. The van der Waals surface area contributed by atoms with Crippen molar-refractivity contribution in [1.82, 2.24) is 10.3 Å². The van der Waals surface area contributed by atoms with E-state index in [0.717, 1.165) is 46.3 Å². The second-order valence-corrected chi connectivity index (χ2v) is 7.22. The van der Waals surface area contributed by atoms with Crippen LogP contribution in [0.1, 0.15) is 45.6 Å². The SMILES string of the molecule is CCc1nc2ccc(Br)c(CCCNC(=O)OC(C)(C)C)c2o1. The maximum atomic E-state index is 11.6. The van der Waals surface area contributed by atoms with Gasteiger partial charge in [0.05, 0.1) is 0 Å². The second kappa shape index (κ2) is 7.34. The molecule has 0 saturated carbocycles. The first-order chi connectivity index (χ1) is 10.8. The van der Waals surface area contributed by atoms with Gasteiger partial charge in [0.1, 0.15) is 11.1 Å². The molecule has 1 amide bonds. The van der Waals surface area contributed by atoms with Crippen molar-refractivity contribution in [3.8, 4) is 0 Å². The number of hydrogen-bond acceptors (Lipinski definition) is 4. The van der Waals surface area contributed by atoms with Crippen LogP contribution in [0.2, 0.25) is 0 Å². The second-order valence-electron chi connectivity index (χ2n) is 6.37. The Hall–Kier alpha value is -1.56. The molecule has 2 rings (SSSR count). The van der Waals surface area contributed by atoms with Crippen LogP contribution in [0.15, 0.2) is 21.0 Å². The average molecular weight is 383 g/mol. The van der Waals surface area contributed by atoms with Crippen molar-refractivity contribution in [1.29, 1.82) is 0 Å². The molecule has 0 fully saturated rings. The molecule has 0 atom stereocenters. The number of amides is 1. The number of benzene rings is 1. The Kier molecular flexibility index (Phi) is 5.68. The zero-order valence-corrected chi connectivity index (χ0v) is 15.6. The number of hydrogen-bond donors (Lipinski definition) is 1. The summed E-state index contributed by atoms with van der Waals surface area (Å²) in [6, 6.07) is 3.94. The number of ether oxygens (including phenoxy) is 1. The van der Waals surface area contributed by atoms with Gasteiger partial charge in [-0.15, -0.1) is 0 Å². The zero-order valence-electron chi connectivity index (χ0n) is 14.0. The van der Waals surface area contributed by atoms with E-state index in [1.165, 1.54) is 0 Å². The Morgan fingerprint density at radius 3 is 2.78 bits per heavy atom. The first-order valence-corrected chi connectivity index (χ1v) is 8.63. The van der Waals surface area contributed by atoms with Crippen molar-refractivity contribution in [2.75, 3.05) is 6.54 Å². The lowest BCUT2D eigenvalue weighted by Crippen LogP contribution is -2.33. The largest absolute Gasteiger partial charge is 0.444 e. The summed E-state index contributed by atoms with van der Waals surface area (Å²) in [7, 11) is 0. The van der Waals surface area contributed by atoms with Gasteiger partial charge in [-0.2, -0.15) is 0 Å². The summed E-state index contributed by atoms with van der Waals surface area (Å²) >= 11 is 3.57. The van der Waals surface area contributed by atoms with E-state index in [0.29, 0.717) is 6.54 Å². The molecule has 23 heavy (non-hydrogen) atoms. The zero-order chi connectivity index (χ0) is 17.0. The van der Waals surface area contributed by atoms with Gasteiger partial charge >= 0.3 is 6.09 Å². The van der Waals surface area contributed by atoms with Crippen molar-refractivity contribution < 1.29 is 13.9 Å². The molecule has 1 aromatic heterocycles. The van der Waals surface area contributed by atoms with E-state index in [9.17, 15) is 4.79 Å². The molecule has 0 saturated heterocycles. The fourth-order valence-electron chi connectivity index (χ4n) is 2.22. The van der Waals surface area contributed by atoms with E-state index in [1.54, 1.807) is 0 Å². The van der Waals surface area contributed by atoms with Gasteiger partial charge in [0, 0.05) is 23.0 Å². The van der Waals surface area contributed by atoms with Crippen molar-refractivity contribution in [2.24, 2.45) is 0 Å². The molecular formula is C17H23BrN2O3. The molecule has 0 unspecified atom stereocenters. The number of nitrogens with zero attached hydrogens (tertiary/aromatic N) is 1. The summed E-state index contributed by atoms with van der Waals surface area (Å²) < 4.78 is 12.0. The first kappa shape index (κ1) is 17.8. The number of fused-ring (bicyclic) bond motifs is 1. The summed E-state index contributed by atoms with van der Waals surface area (Å²) in [5.74, 6) is 0.742. The van der Waals surface area contributed by atoms with Crippen molar-refractivity contribution in [3.63, 3.8) is 0 Å². The summed E-state index contributed by atoms with van der Waals surface area (Å²) in [5.41, 5.74) is 2.31. The van der Waals surface area contributed by atoms with Crippen LogP contribution >= 0.6 is 15.9 Å². The molecule has 0 aliphatic rings. The molecule has 1 heterocycles. The molecule has 0 spiro atoms. The predicted octanol–water partition coefficient (Wildman–Crippen LogP) is 4.61. The van der Waals surface area contributed by atoms with Gasteiger partial charge in [-0.05, 0) is 45.7 Å². The van der Waals surface area contributed by atoms with Crippen molar-refractivity contribution in [3.05, 3.63) is 28.1 Å². The highest BCUT2D eigenvalue weighted by atomic mass is 79.9. The molecule has 5 nitrogen and oxygen atoms in total. The Labute approximate surface area is 144 Å². The predicted molar refractivity (Wildman–Crippen MR) is 93.6 cm³/mol. The Morgan fingerprint density at radius 2 is 2.13 bits per heavy atom. The summed E-state index contributed by atoms with van der Waals surface area (Å²) in [6.07, 6.45) is 1.96. The van der Waals surface area contributed by atoms with Crippen LogP contribution in [0.25, 0.3) is 11.1 Å². The normalized spacial score (nSPS) is 11.7. The average Bonchev–Trinajstić information content (AvgIpc) is 2.86. The third-order valence-electron chi connectivity index (χ3n) is 3.22. The maximum Gasteiger partial charge on any atom is 0.407 e. The number of halogens is 1. The summed E-state index contributed by atoms with van der Waals surface area (Å²) in [6.45, 7) is 8.11. The highest BCUT2D eigenvalue weighted by Gasteiger charge is 2.16. The Bertz CT molecular complexity index is 689. The fourth-order valence-corrected chi connectivity index (χ4v) is 2.73. The quantitative estimate of drug-likeness (QED) is 0.766. The molecule has 6 heteroatoms. The third-order valence-corrected chi connectivity index (χ3v) is 3.96.